The topological polar surface area (TPSA) is 147 Å². The Morgan fingerprint density at radius 3 is 2.88 bits per heavy atom. The quantitative estimate of drug-likeness (QED) is 0.333. The molecule has 0 radical (unpaired) electrons. The number of carbonyl (C=O) groups is 1. The van der Waals surface area contributed by atoms with Gasteiger partial charge in [-0.3, -0.25) is 23.5 Å². The first kappa shape index (κ1) is 22.6. The van der Waals surface area contributed by atoms with E-state index in [0.29, 0.717) is 41.6 Å². The van der Waals surface area contributed by atoms with Crippen LogP contribution in [0.5, 0.6) is 0 Å². The van der Waals surface area contributed by atoms with Crippen LogP contribution in [0.1, 0.15) is 10.6 Å². The number of pyridine rings is 1. The van der Waals surface area contributed by atoms with Crippen LogP contribution in [-0.4, -0.2) is 49.1 Å². The van der Waals surface area contributed by atoms with Crippen LogP contribution in [0.25, 0.3) is 22.7 Å². The Balaban J connectivity index is 1.51. The molecule has 0 fully saturated rings. The maximum absolute atomic E-state index is 12.9. The predicted molar refractivity (Wildman–Crippen MR) is 118 cm³/mol. The third kappa shape index (κ3) is 5.62. The van der Waals surface area contributed by atoms with Gasteiger partial charge in [-0.25, -0.2) is 4.68 Å². The van der Waals surface area contributed by atoms with E-state index in [0.717, 1.165) is 0 Å². The number of methoxy groups -OCH3 is 1. The minimum atomic E-state index is -3.06. The summed E-state index contributed by atoms with van der Waals surface area (Å²) < 4.78 is 29.1. The summed E-state index contributed by atoms with van der Waals surface area (Å²) in [6, 6.07) is 8.62. The van der Waals surface area contributed by atoms with Crippen LogP contribution < -0.4 is 5.32 Å². The maximum atomic E-state index is 12.9. The number of rotatable bonds is 10. The first-order valence-electron chi connectivity index (χ1n) is 9.81. The first-order chi connectivity index (χ1) is 16.0. The van der Waals surface area contributed by atoms with E-state index in [2.05, 4.69) is 25.0 Å². The van der Waals surface area contributed by atoms with Crippen LogP contribution in [0, 0.1) is 0 Å². The summed E-state index contributed by atoms with van der Waals surface area (Å²) in [4.78, 5) is 25.9. The van der Waals surface area contributed by atoms with Crippen molar-refractivity contribution in [3.63, 3.8) is 0 Å². The van der Waals surface area contributed by atoms with Gasteiger partial charge in [0.05, 0.1) is 36.3 Å². The molecular weight excluding hydrogens is 451 g/mol. The zero-order valence-electron chi connectivity index (χ0n) is 17.5. The van der Waals surface area contributed by atoms with Crippen molar-refractivity contribution in [2.24, 2.45) is 0 Å². The van der Waals surface area contributed by atoms with E-state index in [1.165, 1.54) is 10.9 Å². The van der Waals surface area contributed by atoms with Crippen molar-refractivity contribution in [1.82, 2.24) is 24.5 Å². The van der Waals surface area contributed by atoms with E-state index in [1.54, 1.807) is 54.6 Å². The number of hydrogen-bond acceptors (Lipinski definition) is 8. The van der Waals surface area contributed by atoms with Crippen molar-refractivity contribution in [1.29, 1.82) is 0 Å². The summed E-state index contributed by atoms with van der Waals surface area (Å²) in [5.74, 6) is 0.0362. The number of anilines is 1. The van der Waals surface area contributed by atoms with Gasteiger partial charge in [0, 0.05) is 25.7 Å². The molecule has 33 heavy (non-hydrogen) atoms. The zero-order valence-corrected chi connectivity index (χ0v) is 18.5. The normalized spacial score (nSPS) is 12.1. The molecule has 4 aromatic rings. The number of carbonyl (C=O) groups excluding carboxylic acids is 1. The molecule has 4 aromatic heterocycles. The minimum Gasteiger partial charge on any atom is -0.451 e. The van der Waals surface area contributed by atoms with Gasteiger partial charge in [-0.15, -0.1) is 0 Å². The summed E-state index contributed by atoms with van der Waals surface area (Å²) in [6.07, 6.45) is 6.43. The van der Waals surface area contributed by atoms with Crippen molar-refractivity contribution in [3.8, 4) is 22.7 Å². The molecule has 0 aromatic carbocycles. The van der Waals surface area contributed by atoms with Crippen LogP contribution in [0.15, 0.2) is 59.5 Å². The third-order valence-electron chi connectivity index (χ3n) is 4.51. The Labute approximate surface area is 188 Å². The summed E-state index contributed by atoms with van der Waals surface area (Å²) in [7, 11) is -1.45. The fraction of sp³-hybridized carbons (Fsp3) is 0.200. The van der Waals surface area contributed by atoms with Crippen molar-refractivity contribution in [2.75, 3.05) is 19.0 Å². The zero-order chi connectivity index (χ0) is 23.2. The molecule has 4 heterocycles. The molecule has 1 amide bonds. The summed E-state index contributed by atoms with van der Waals surface area (Å²) in [6.45, 7) is 0.800. The number of ether oxygens (including phenoxy) is 1. The van der Waals surface area contributed by atoms with Gasteiger partial charge in [0.1, 0.15) is 18.2 Å². The second kappa shape index (κ2) is 10.4. The fourth-order valence-corrected chi connectivity index (χ4v) is 3.23. The van der Waals surface area contributed by atoms with Gasteiger partial charge in [-0.2, -0.15) is 10.2 Å². The second-order valence-corrected chi connectivity index (χ2v) is 7.61. The lowest BCUT2D eigenvalue weighted by atomic mass is 10.2. The number of nitrogens with zero attached hydrogens (tertiary/aromatic N) is 5. The van der Waals surface area contributed by atoms with Crippen LogP contribution >= 0.6 is 8.25 Å². The Morgan fingerprint density at radius 1 is 1.24 bits per heavy atom. The van der Waals surface area contributed by atoms with E-state index in [4.69, 9.17) is 14.0 Å². The number of amides is 1. The highest BCUT2D eigenvalue weighted by Crippen LogP contribution is 2.27. The molecule has 2 N–H and O–H groups in total. The minimum absolute atomic E-state index is 0.0889. The Kier molecular flexibility index (Phi) is 7.10. The van der Waals surface area contributed by atoms with E-state index >= 15 is 0 Å². The molecule has 4 rings (SSSR count). The van der Waals surface area contributed by atoms with Crippen LogP contribution in [0.2, 0.25) is 0 Å². The van der Waals surface area contributed by atoms with Gasteiger partial charge >= 0.3 is 8.25 Å². The first-order valence-corrected chi connectivity index (χ1v) is 11.1. The van der Waals surface area contributed by atoms with Crippen molar-refractivity contribution in [3.05, 3.63) is 60.9 Å². The largest absolute Gasteiger partial charge is 0.451 e. The van der Waals surface area contributed by atoms with Gasteiger partial charge in [-0.05, 0) is 24.3 Å². The summed E-state index contributed by atoms with van der Waals surface area (Å²) >= 11 is 0. The van der Waals surface area contributed by atoms with Crippen LogP contribution in [0.3, 0.4) is 0 Å². The molecule has 0 bridgehead atoms. The molecular formula is C20H21N6O6P. The van der Waals surface area contributed by atoms with Gasteiger partial charge in [-0.1, -0.05) is 6.07 Å². The van der Waals surface area contributed by atoms with Crippen LogP contribution in [-0.2, 0) is 27.1 Å². The van der Waals surface area contributed by atoms with E-state index in [-0.39, 0.29) is 12.5 Å². The average Bonchev–Trinajstić information content (AvgIpc) is 3.56. The third-order valence-corrected chi connectivity index (χ3v) is 4.89. The second-order valence-electron chi connectivity index (χ2n) is 6.79. The number of hydrogen-bond donors (Lipinski definition) is 2. The van der Waals surface area contributed by atoms with E-state index in [1.807, 2.05) is 6.07 Å². The Hall–Kier alpha value is -3.57. The van der Waals surface area contributed by atoms with Gasteiger partial charge in [0.25, 0.3) is 5.91 Å². The summed E-state index contributed by atoms with van der Waals surface area (Å²) in [5, 5.41) is 11.4. The average molecular weight is 472 g/mol. The highest BCUT2D eigenvalue weighted by molar-refractivity contribution is 7.32. The number of nitrogens with one attached hydrogen (secondary N) is 1. The Morgan fingerprint density at radius 2 is 2.12 bits per heavy atom. The van der Waals surface area contributed by atoms with Crippen LogP contribution in [0.4, 0.5) is 5.69 Å². The molecule has 172 valence electrons. The molecule has 0 saturated carbocycles. The van der Waals surface area contributed by atoms with Crippen molar-refractivity contribution < 1.29 is 27.9 Å². The maximum Gasteiger partial charge on any atom is 0.318 e. The van der Waals surface area contributed by atoms with Gasteiger partial charge in [0.2, 0.25) is 0 Å². The van der Waals surface area contributed by atoms with E-state index < -0.39 is 14.2 Å². The molecule has 0 saturated heterocycles. The molecule has 1 unspecified atom stereocenters. The highest BCUT2D eigenvalue weighted by Gasteiger charge is 2.19. The van der Waals surface area contributed by atoms with Gasteiger partial charge < -0.3 is 19.4 Å². The number of furan rings is 1. The summed E-state index contributed by atoms with van der Waals surface area (Å²) in [5.41, 5.74) is 2.20. The number of aromatic nitrogens is 5. The predicted octanol–water partition coefficient (Wildman–Crippen LogP) is 2.66. The lowest BCUT2D eigenvalue weighted by Gasteiger charge is -2.03. The van der Waals surface area contributed by atoms with Crippen molar-refractivity contribution in [2.45, 2.75) is 13.3 Å². The molecule has 1 atom stereocenters. The standard InChI is InChI=1S/C20H21N6O6P/c1-30-9-8-25-12-16(19(24-25)15-4-2-3-7-21-15)23-20(27)18-6-5-17(32-18)14-10-22-26(11-14)13-31-33(28)29/h2-7,10-12,33H,8-9,13H2,1H3,(H,23,27)(H,28,29). The molecule has 13 heteroatoms. The van der Waals surface area contributed by atoms with E-state index in [9.17, 15) is 9.36 Å². The monoisotopic (exact) mass is 472 g/mol. The fourth-order valence-electron chi connectivity index (χ4n) is 2.99. The smallest absolute Gasteiger partial charge is 0.318 e. The SMILES string of the molecule is COCCn1cc(NC(=O)c2ccc(-c3cnn(CO[PH](=O)O)c3)o2)c(-c2ccccn2)n1. The molecule has 12 nitrogen and oxygen atoms in total. The lowest BCUT2D eigenvalue weighted by Crippen LogP contribution is -2.11. The molecule has 0 aliphatic heterocycles. The van der Waals surface area contributed by atoms with Crippen molar-refractivity contribution >= 4 is 19.8 Å². The van der Waals surface area contributed by atoms with Gasteiger partial charge in [0.15, 0.2) is 5.76 Å². The lowest BCUT2D eigenvalue weighted by molar-refractivity contribution is 0.0997. The molecule has 0 aliphatic rings. The highest BCUT2D eigenvalue weighted by atomic mass is 31.1. The molecule has 0 aliphatic carbocycles. The Bertz CT molecular complexity index is 1250. The molecule has 0 spiro atoms.